The van der Waals surface area contributed by atoms with Crippen molar-refractivity contribution >= 4 is 0 Å². The first-order valence-electron chi connectivity index (χ1n) is 8.54. The van der Waals surface area contributed by atoms with Crippen LogP contribution in [0.25, 0.3) is 0 Å². The second-order valence-electron chi connectivity index (χ2n) is 7.51. The summed E-state index contributed by atoms with van der Waals surface area (Å²) in [5.41, 5.74) is 0. The zero-order valence-electron chi connectivity index (χ0n) is 12.3. The molecule has 3 rings (SSSR count). The molecule has 0 radical (unpaired) electrons. The van der Waals surface area contributed by atoms with Crippen LogP contribution in [0.15, 0.2) is 0 Å². The Labute approximate surface area is 117 Å². The molecule has 6 atom stereocenters. The zero-order valence-corrected chi connectivity index (χ0v) is 12.3. The molecule has 0 heterocycles. The normalized spacial score (nSPS) is 48.8. The summed E-state index contributed by atoms with van der Waals surface area (Å²) in [6.45, 7) is 2.16. The van der Waals surface area contributed by atoms with Crippen molar-refractivity contribution in [1.82, 2.24) is 0 Å². The minimum Gasteiger partial charge on any atom is -0.392 e. The third kappa shape index (κ3) is 2.58. The van der Waals surface area contributed by atoms with E-state index in [-0.39, 0.29) is 18.1 Å². The minimum absolute atomic E-state index is 0.164. The second kappa shape index (κ2) is 5.73. The number of aliphatic hydroxyl groups excluding tert-OH is 2. The van der Waals surface area contributed by atoms with E-state index in [1.165, 1.54) is 51.4 Å². The lowest BCUT2D eigenvalue weighted by atomic mass is 9.67. The zero-order chi connectivity index (χ0) is 13.4. The topological polar surface area (TPSA) is 40.5 Å². The quantitative estimate of drug-likeness (QED) is 0.764. The van der Waals surface area contributed by atoms with Gasteiger partial charge in [0.15, 0.2) is 0 Å². The fraction of sp³-hybridized carbons (Fsp3) is 1.00. The highest BCUT2D eigenvalue weighted by Crippen LogP contribution is 2.47. The maximum Gasteiger partial charge on any atom is 0.0626 e. The molecular formula is C17H30O2. The maximum absolute atomic E-state index is 10.9. The van der Waals surface area contributed by atoms with Crippen LogP contribution in [0.1, 0.15) is 64.7 Å². The number of aliphatic hydroxyl groups is 2. The van der Waals surface area contributed by atoms with Crippen LogP contribution in [0, 0.1) is 29.6 Å². The molecule has 3 aliphatic rings. The Balaban J connectivity index is 1.78. The van der Waals surface area contributed by atoms with Crippen LogP contribution < -0.4 is 0 Å². The van der Waals surface area contributed by atoms with Gasteiger partial charge in [-0.15, -0.1) is 0 Å². The molecule has 3 fully saturated rings. The number of rotatable bonds is 1. The Morgan fingerprint density at radius 3 is 2.11 bits per heavy atom. The lowest BCUT2D eigenvalue weighted by Gasteiger charge is -2.43. The first-order chi connectivity index (χ1) is 9.18. The number of hydrogen-bond donors (Lipinski definition) is 2. The highest BCUT2D eigenvalue weighted by atomic mass is 16.3. The first-order valence-corrected chi connectivity index (χ1v) is 8.54. The van der Waals surface area contributed by atoms with Crippen molar-refractivity contribution < 1.29 is 10.2 Å². The van der Waals surface area contributed by atoms with Crippen LogP contribution in [0.3, 0.4) is 0 Å². The average Bonchev–Trinajstić information content (AvgIpc) is 2.86. The van der Waals surface area contributed by atoms with Crippen molar-refractivity contribution in [2.75, 3.05) is 0 Å². The van der Waals surface area contributed by atoms with Gasteiger partial charge in [-0.3, -0.25) is 0 Å². The molecule has 2 nitrogen and oxygen atoms in total. The summed E-state index contributed by atoms with van der Waals surface area (Å²) in [6.07, 6.45) is 10.9. The van der Waals surface area contributed by atoms with Gasteiger partial charge in [-0.2, -0.15) is 0 Å². The van der Waals surface area contributed by atoms with Gasteiger partial charge in [0.1, 0.15) is 0 Å². The highest BCUT2D eigenvalue weighted by Gasteiger charge is 2.46. The lowest BCUT2D eigenvalue weighted by molar-refractivity contribution is -0.0900. The van der Waals surface area contributed by atoms with Crippen molar-refractivity contribution in [3.63, 3.8) is 0 Å². The average molecular weight is 266 g/mol. The van der Waals surface area contributed by atoms with Gasteiger partial charge in [-0.05, 0) is 49.4 Å². The van der Waals surface area contributed by atoms with Crippen LogP contribution in [-0.2, 0) is 0 Å². The van der Waals surface area contributed by atoms with E-state index in [4.69, 9.17) is 0 Å². The standard InChI is InChI=1S/C17H30O2/c1-11-9-10-13-7-4-8-14(12-5-2-3-6-12)17(19)15(13)16(11)18/h11-19H,2-10H2,1H3/t11-,13?,14-,15?,16?,17?/m1/s1. The Morgan fingerprint density at radius 2 is 1.37 bits per heavy atom. The van der Waals surface area contributed by atoms with Crippen molar-refractivity contribution in [2.24, 2.45) is 29.6 Å². The predicted molar refractivity (Wildman–Crippen MR) is 76.7 cm³/mol. The molecule has 0 amide bonds. The third-order valence-electron chi connectivity index (χ3n) is 6.47. The molecule has 0 aromatic rings. The fourth-order valence-electron chi connectivity index (χ4n) is 5.29. The Hall–Kier alpha value is -0.0800. The lowest BCUT2D eigenvalue weighted by Crippen LogP contribution is -2.47. The number of hydrogen-bond acceptors (Lipinski definition) is 2. The molecule has 110 valence electrons. The smallest absolute Gasteiger partial charge is 0.0626 e. The van der Waals surface area contributed by atoms with Crippen molar-refractivity contribution in [2.45, 2.75) is 76.9 Å². The molecule has 2 N–H and O–H groups in total. The molecule has 3 saturated carbocycles. The van der Waals surface area contributed by atoms with Gasteiger partial charge in [0.05, 0.1) is 12.2 Å². The van der Waals surface area contributed by atoms with Gasteiger partial charge in [0.25, 0.3) is 0 Å². The highest BCUT2D eigenvalue weighted by molar-refractivity contribution is 4.96. The van der Waals surface area contributed by atoms with Crippen molar-refractivity contribution in [3.8, 4) is 0 Å². The molecule has 0 aromatic carbocycles. The molecule has 0 saturated heterocycles. The summed E-state index contributed by atoms with van der Waals surface area (Å²) < 4.78 is 0. The van der Waals surface area contributed by atoms with E-state index in [1.54, 1.807) is 0 Å². The molecule has 2 heteroatoms. The molecular weight excluding hydrogens is 236 g/mol. The molecule has 4 unspecified atom stereocenters. The molecule has 19 heavy (non-hydrogen) atoms. The predicted octanol–water partition coefficient (Wildman–Crippen LogP) is 3.36. The summed E-state index contributed by atoms with van der Waals surface area (Å²) in [6, 6.07) is 0. The van der Waals surface area contributed by atoms with Gasteiger partial charge < -0.3 is 10.2 Å². The van der Waals surface area contributed by atoms with E-state index in [9.17, 15) is 10.2 Å². The largest absolute Gasteiger partial charge is 0.392 e. The minimum atomic E-state index is -0.268. The molecule has 0 spiro atoms. The first kappa shape index (κ1) is 13.9. The van der Waals surface area contributed by atoms with Gasteiger partial charge in [-0.1, -0.05) is 39.0 Å². The van der Waals surface area contributed by atoms with Gasteiger partial charge in [0, 0.05) is 5.92 Å². The molecule has 3 aliphatic carbocycles. The van der Waals surface area contributed by atoms with Gasteiger partial charge in [-0.25, -0.2) is 0 Å². The summed E-state index contributed by atoms with van der Waals surface area (Å²) >= 11 is 0. The SMILES string of the molecule is C[C@@H]1CCC2CCC[C@H](C3CCCC3)C(O)C2C1O. The van der Waals surface area contributed by atoms with Crippen LogP contribution in [0.5, 0.6) is 0 Å². The van der Waals surface area contributed by atoms with E-state index in [0.717, 1.165) is 12.3 Å². The van der Waals surface area contributed by atoms with E-state index in [2.05, 4.69) is 6.92 Å². The third-order valence-corrected chi connectivity index (χ3v) is 6.47. The van der Waals surface area contributed by atoms with Crippen LogP contribution in [-0.4, -0.2) is 22.4 Å². The fourth-order valence-corrected chi connectivity index (χ4v) is 5.29. The van der Waals surface area contributed by atoms with Gasteiger partial charge >= 0.3 is 0 Å². The Morgan fingerprint density at radius 1 is 0.684 bits per heavy atom. The van der Waals surface area contributed by atoms with Crippen molar-refractivity contribution in [3.05, 3.63) is 0 Å². The second-order valence-corrected chi connectivity index (χ2v) is 7.51. The van der Waals surface area contributed by atoms with Crippen LogP contribution >= 0.6 is 0 Å². The van der Waals surface area contributed by atoms with Crippen LogP contribution in [0.4, 0.5) is 0 Å². The maximum atomic E-state index is 10.9. The summed E-state index contributed by atoms with van der Waals surface area (Å²) in [7, 11) is 0. The van der Waals surface area contributed by atoms with E-state index in [0.29, 0.717) is 17.8 Å². The van der Waals surface area contributed by atoms with Gasteiger partial charge in [0.2, 0.25) is 0 Å². The molecule has 0 bridgehead atoms. The van der Waals surface area contributed by atoms with E-state index < -0.39 is 0 Å². The van der Waals surface area contributed by atoms with E-state index >= 15 is 0 Å². The summed E-state index contributed by atoms with van der Waals surface area (Å²) in [5.74, 6) is 2.32. The van der Waals surface area contributed by atoms with E-state index in [1.807, 2.05) is 0 Å². The number of fused-ring (bicyclic) bond motifs is 1. The molecule has 0 aromatic heterocycles. The summed E-state index contributed by atoms with van der Waals surface area (Å²) in [5, 5.41) is 21.5. The molecule has 0 aliphatic heterocycles. The van der Waals surface area contributed by atoms with Crippen LogP contribution in [0.2, 0.25) is 0 Å². The Bertz CT molecular complexity index is 298. The Kier molecular flexibility index (Phi) is 4.19. The monoisotopic (exact) mass is 266 g/mol. The summed E-state index contributed by atoms with van der Waals surface area (Å²) in [4.78, 5) is 0. The van der Waals surface area contributed by atoms with Crippen molar-refractivity contribution in [1.29, 1.82) is 0 Å².